The Balaban J connectivity index is 1.49. The van der Waals surface area contributed by atoms with Gasteiger partial charge in [0.2, 0.25) is 5.91 Å². The molecule has 1 amide bonds. The van der Waals surface area contributed by atoms with E-state index in [0.717, 1.165) is 36.4 Å². The maximum absolute atomic E-state index is 12.1. The molecule has 126 valence electrons. The standard InChI is InChI=1S/C20H25N3O/c21-17-7-4-16(5-8-17)6-13-20(24)22-18-9-11-19(12-10-18)23-14-2-1-3-15-23/h4-5,7-12H,1-3,6,13-15,21H2,(H,22,24). The lowest BCUT2D eigenvalue weighted by Crippen LogP contribution is -2.29. The minimum absolute atomic E-state index is 0.0394. The predicted molar refractivity (Wildman–Crippen MR) is 100 cm³/mol. The van der Waals surface area contributed by atoms with Crippen molar-refractivity contribution < 1.29 is 4.79 Å². The van der Waals surface area contributed by atoms with E-state index in [4.69, 9.17) is 5.73 Å². The average molecular weight is 323 g/mol. The van der Waals surface area contributed by atoms with Crippen LogP contribution in [-0.2, 0) is 11.2 Å². The van der Waals surface area contributed by atoms with Crippen molar-refractivity contribution in [3.05, 3.63) is 54.1 Å². The summed E-state index contributed by atoms with van der Waals surface area (Å²) in [4.78, 5) is 14.5. The Morgan fingerprint density at radius 1 is 0.958 bits per heavy atom. The van der Waals surface area contributed by atoms with Crippen molar-refractivity contribution in [1.82, 2.24) is 0 Å². The average Bonchev–Trinajstić information content (AvgIpc) is 2.63. The topological polar surface area (TPSA) is 58.4 Å². The smallest absolute Gasteiger partial charge is 0.224 e. The number of hydrogen-bond donors (Lipinski definition) is 2. The van der Waals surface area contributed by atoms with E-state index in [1.54, 1.807) is 0 Å². The highest BCUT2D eigenvalue weighted by Crippen LogP contribution is 2.22. The highest BCUT2D eigenvalue weighted by Gasteiger charge is 2.11. The van der Waals surface area contributed by atoms with Gasteiger partial charge in [0.25, 0.3) is 0 Å². The molecule has 2 aromatic rings. The molecule has 0 radical (unpaired) electrons. The number of nitrogens with zero attached hydrogens (tertiary/aromatic N) is 1. The van der Waals surface area contributed by atoms with E-state index in [2.05, 4.69) is 22.3 Å². The van der Waals surface area contributed by atoms with E-state index in [1.807, 2.05) is 36.4 Å². The van der Waals surface area contributed by atoms with Gasteiger partial charge in [-0.2, -0.15) is 0 Å². The molecule has 1 fully saturated rings. The monoisotopic (exact) mass is 323 g/mol. The second kappa shape index (κ2) is 7.86. The molecule has 3 rings (SSSR count). The van der Waals surface area contributed by atoms with Gasteiger partial charge in [0, 0.05) is 36.6 Å². The third-order valence-electron chi connectivity index (χ3n) is 4.49. The van der Waals surface area contributed by atoms with Crippen LogP contribution in [0.4, 0.5) is 17.1 Å². The van der Waals surface area contributed by atoms with E-state index in [1.165, 1.54) is 24.9 Å². The van der Waals surface area contributed by atoms with E-state index in [0.29, 0.717) is 6.42 Å². The molecule has 3 N–H and O–H groups in total. The molecule has 0 aromatic heterocycles. The van der Waals surface area contributed by atoms with Gasteiger partial charge in [-0.3, -0.25) is 4.79 Å². The summed E-state index contributed by atoms with van der Waals surface area (Å²) in [5, 5.41) is 2.97. The second-order valence-electron chi connectivity index (χ2n) is 6.38. The minimum atomic E-state index is 0.0394. The third-order valence-corrected chi connectivity index (χ3v) is 4.49. The molecule has 0 unspecified atom stereocenters. The first-order valence-corrected chi connectivity index (χ1v) is 8.70. The zero-order chi connectivity index (χ0) is 16.8. The highest BCUT2D eigenvalue weighted by molar-refractivity contribution is 5.91. The van der Waals surface area contributed by atoms with Gasteiger partial charge in [-0.25, -0.2) is 0 Å². The molecule has 0 atom stereocenters. The maximum Gasteiger partial charge on any atom is 0.224 e. The van der Waals surface area contributed by atoms with Gasteiger partial charge in [-0.1, -0.05) is 12.1 Å². The molecule has 2 aromatic carbocycles. The first-order chi connectivity index (χ1) is 11.7. The Hall–Kier alpha value is -2.49. The largest absolute Gasteiger partial charge is 0.399 e. The Morgan fingerprint density at radius 3 is 2.29 bits per heavy atom. The number of nitrogen functional groups attached to an aromatic ring is 1. The number of hydrogen-bond acceptors (Lipinski definition) is 3. The fraction of sp³-hybridized carbons (Fsp3) is 0.350. The zero-order valence-electron chi connectivity index (χ0n) is 14.0. The Labute approximate surface area is 143 Å². The molecular formula is C20H25N3O. The lowest BCUT2D eigenvalue weighted by atomic mass is 10.1. The number of amides is 1. The van der Waals surface area contributed by atoms with E-state index in [9.17, 15) is 4.79 Å². The number of benzene rings is 2. The molecule has 0 bridgehead atoms. The van der Waals surface area contributed by atoms with Crippen LogP contribution in [0.1, 0.15) is 31.2 Å². The first kappa shape index (κ1) is 16.4. The van der Waals surface area contributed by atoms with Gasteiger partial charge in [0.05, 0.1) is 0 Å². The van der Waals surface area contributed by atoms with Crippen LogP contribution >= 0.6 is 0 Å². The van der Waals surface area contributed by atoms with Crippen molar-refractivity contribution in [2.45, 2.75) is 32.1 Å². The molecule has 1 aliphatic heterocycles. The van der Waals surface area contributed by atoms with E-state index >= 15 is 0 Å². The molecule has 4 heteroatoms. The predicted octanol–water partition coefficient (Wildman–Crippen LogP) is 3.83. The maximum atomic E-state index is 12.1. The van der Waals surface area contributed by atoms with Crippen LogP contribution in [-0.4, -0.2) is 19.0 Å². The number of piperidine rings is 1. The van der Waals surface area contributed by atoms with Crippen molar-refractivity contribution in [3.63, 3.8) is 0 Å². The van der Waals surface area contributed by atoms with E-state index in [-0.39, 0.29) is 5.91 Å². The summed E-state index contributed by atoms with van der Waals surface area (Å²) in [5.74, 6) is 0.0394. The van der Waals surface area contributed by atoms with Crippen LogP contribution in [0.2, 0.25) is 0 Å². The number of carbonyl (C=O) groups excluding carboxylic acids is 1. The van der Waals surface area contributed by atoms with Crippen molar-refractivity contribution in [3.8, 4) is 0 Å². The van der Waals surface area contributed by atoms with Crippen molar-refractivity contribution in [1.29, 1.82) is 0 Å². The van der Waals surface area contributed by atoms with Gasteiger partial charge < -0.3 is 16.0 Å². The van der Waals surface area contributed by atoms with Crippen LogP contribution in [0.15, 0.2) is 48.5 Å². The lowest BCUT2D eigenvalue weighted by molar-refractivity contribution is -0.116. The van der Waals surface area contributed by atoms with Crippen LogP contribution in [0.25, 0.3) is 0 Å². The molecule has 0 aliphatic carbocycles. The second-order valence-corrected chi connectivity index (χ2v) is 6.38. The van der Waals surface area contributed by atoms with Crippen LogP contribution in [0, 0.1) is 0 Å². The summed E-state index contributed by atoms with van der Waals surface area (Å²) < 4.78 is 0. The number of aryl methyl sites for hydroxylation is 1. The summed E-state index contributed by atoms with van der Waals surface area (Å²) in [6.45, 7) is 2.26. The fourth-order valence-electron chi connectivity index (χ4n) is 3.07. The summed E-state index contributed by atoms with van der Waals surface area (Å²) >= 11 is 0. The molecule has 0 spiro atoms. The normalized spacial score (nSPS) is 14.4. The first-order valence-electron chi connectivity index (χ1n) is 8.70. The van der Waals surface area contributed by atoms with Gasteiger partial charge >= 0.3 is 0 Å². The van der Waals surface area contributed by atoms with Crippen molar-refractivity contribution in [2.24, 2.45) is 0 Å². The molecular weight excluding hydrogens is 298 g/mol. The summed E-state index contributed by atoms with van der Waals surface area (Å²) in [5.41, 5.74) is 9.64. The number of anilines is 3. The zero-order valence-corrected chi connectivity index (χ0v) is 14.0. The Kier molecular flexibility index (Phi) is 5.36. The molecule has 1 heterocycles. The number of nitrogens with one attached hydrogen (secondary N) is 1. The molecule has 24 heavy (non-hydrogen) atoms. The van der Waals surface area contributed by atoms with E-state index < -0.39 is 0 Å². The summed E-state index contributed by atoms with van der Waals surface area (Å²) in [6.07, 6.45) is 5.06. The lowest BCUT2D eigenvalue weighted by Gasteiger charge is -2.28. The summed E-state index contributed by atoms with van der Waals surface area (Å²) in [7, 11) is 0. The quantitative estimate of drug-likeness (QED) is 0.822. The Bertz CT molecular complexity index is 658. The van der Waals surface area contributed by atoms with Gasteiger partial charge in [-0.05, 0) is 67.6 Å². The summed E-state index contributed by atoms with van der Waals surface area (Å²) in [6, 6.07) is 15.9. The van der Waals surface area contributed by atoms with Crippen LogP contribution in [0.3, 0.4) is 0 Å². The van der Waals surface area contributed by atoms with Crippen LogP contribution < -0.4 is 16.0 Å². The van der Waals surface area contributed by atoms with Crippen molar-refractivity contribution in [2.75, 3.05) is 29.0 Å². The number of carbonyl (C=O) groups is 1. The minimum Gasteiger partial charge on any atom is -0.399 e. The molecule has 0 saturated carbocycles. The number of rotatable bonds is 5. The van der Waals surface area contributed by atoms with Gasteiger partial charge in [0.1, 0.15) is 0 Å². The SMILES string of the molecule is Nc1ccc(CCC(=O)Nc2ccc(N3CCCCC3)cc2)cc1. The van der Waals surface area contributed by atoms with Crippen LogP contribution in [0.5, 0.6) is 0 Å². The molecule has 4 nitrogen and oxygen atoms in total. The highest BCUT2D eigenvalue weighted by atomic mass is 16.1. The van der Waals surface area contributed by atoms with Gasteiger partial charge in [0.15, 0.2) is 0 Å². The van der Waals surface area contributed by atoms with Crippen molar-refractivity contribution >= 4 is 23.0 Å². The third kappa shape index (κ3) is 4.51. The molecule has 1 aliphatic rings. The van der Waals surface area contributed by atoms with Gasteiger partial charge in [-0.15, -0.1) is 0 Å². The number of nitrogens with two attached hydrogens (primary N) is 1. The molecule has 1 saturated heterocycles. The Morgan fingerprint density at radius 2 is 1.62 bits per heavy atom. The fourth-order valence-corrected chi connectivity index (χ4v) is 3.07.